The molecule has 2 unspecified atom stereocenters. The Bertz CT molecular complexity index is 605. The molecule has 6 heteroatoms. The lowest BCUT2D eigenvalue weighted by atomic mass is 10.0. The lowest BCUT2D eigenvalue weighted by Crippen LogP contribution is -2.28. The van der Waals surface area contributed by atoms with Gasteiger partial charge in [-0.05, 0) is 25.5 Å². The fraction of sp³-hybridized carbons (Fsp3) is 0.400. The first kappa shape index (κ1) is 13.8. The summed E-state index contributed by atoms with van der Waals surface area (Å²) in [5.74, 6) is 0.0854. The molecule has 1 amide bonds. The van der Waals surface area contributed by atoms with E-state index in [1.54, 1.807) is 12.4 Å². The Labute approximate surface area is 122 Å². The molecule has 0 spiro atoms. The fourth-order valence-electron chi connectivity index (χ4n) is 2.53. The molecule has 2 atom stereocenters. The highest BCUT2D eigenvalue weighted by Gasteiger charge is 2.25. The van der Waals surface area contributed by atoms with E-state index in [1.165, 1.54) is 0 Å². The van der Waals surface area contributed by atoms with Gasteiger partial charge in [0.2, 0.25) is 0 Å². The second-order valence-electron chi connectivity index (χ2n) is 5.21. The third kappa shape index (κ3) is 2.95. The molecule has 1 aliphatic heterocycles. The molecular weight excluding hydrogens is 268 g/mol. The molecule has 2 aromatic heterocycles. The molecule has 110 valence electrons. The van der Waals surface area contributed by atoms with Crippen molar-refractivity contribution in [3.8, 4) is 0 Å². The summed E-state index contributed by atoms with van der Waals surface area (Å²) in [6.45, 7) is 3.28. The van der Waals surface area contributed by atoms with Gasteiger partial charge in [0.15, 0.2) is 0 Å². The number of H-pyrrole nitrogens is 1. The smallest absolute Gasteiger partial charge is 0.255 e. The predicted octanol–water partition coefficient (Wildman–Crippen LogP) is 1.80. The van der Waals surface area contributed by atoms with Crippen LogP contribution in [-0.2, 0) is 4.74 Å². The summed E-state index contributed by atoms with van der Waals surface area (Å²) >= 11 is 0. The number of amides is 1. The van der Waals surface area contributed by atoms with Crippen LogP contribution >= 0.6 is 0 Å². The van der Waals surface area contributed by atoms with Crippen molar-refractivity contribution < 1.29 is 9.53 Å². The molecule has 0 aliphatic carbocycles. The SMILES string of the molecule is CC(NC(=O)c1cn[nH]c1C1CCOC1)c1ccccn1. The van der Waals surface area contributed by atoms with Crippen molar-refractivity contribution in [3.63, 3.8) is 0 Å². The van der Waals surface area contributed by atoms with Crippen molar-refractivity contribution in [2.24, 2.45) is 0 Å². The molecule has 21 heavy (non-hydrogen) atoms. The zero-order chi connectivity index (χ0) is 14.7. The summed E-state index contributed by atoms with van der Waals surface area (Å²) in [7, 11) is 0. The first-order chi connectivity index (χ1) is 10.3. The van der Waals surface area contributed by atoms with Crippen molar-refractivity contribution in [1.29, 1.82) is 0 Å². The minimum absolute atomic E-state index is 0.135. The van der Waals surface area contributed by atoms with E-state index >= 15 is 0 Å². The highest BCUT2D eigenvalue weighted by atomic mass is 16.5. The van der Waals surface area contributed by atoms with Crippen molar-refractivity contribution in [2.45, 2.75) is 25.3 Å². The Morgan fingerprint density at radius 3 is 3.14 bits per heavy atom. The molecule has 2 N–H and O–H groups in total. The van der Waals surface area contributed by atoms with Gasteiger partial charge in [0.1, 0.15) is 0 Å². The Morgan fingerprint density at radius 2 is 2.43 bits per heavy atom. The van der Waals surface area contributed by atoms with E-state index in [1.807, 2.05) is 25.1 Å². The topological polar surface area (TPSA) is 79.9 Å². The normalized spacial score (nSPS) is 19.4. The number of hydrogen-bond acceptors (Lipinski definition) is 4. The maximum Gasteiger partial charge on any atom is 0.255 e. The molecule has 1 saturated heterocycles. The van der Waals surface area contributed by atoms with E-state index in [9.17, 15) is 4.79 Å². The van der Waals surface area contributed by atoms with Crippen molar-refractivity contribution in [1.82, 2.24) is 20.5 Å². The molecule has 3 rings (SSSR count). The van der Waals surface area contributed by atoms with E-state index in [2.05, 4.69) is 20.5 Å². The largest absolute Gasteiger partial charge is 0.381 e. The monoisotopic (exact) mass is 286 g/mol. The molecule has 0 saturated carbocycles. The minimum atomic E-state index is -0.152. The first-order valence-electron chi connectivity index (χ1n) is 7.08. The number of carbonyl (C=O) groups is 1. The predicted molar refractivity (Wildman–Crippen MR) is 76.9 cm³/mol. The van der Waals surface area contributed by atoms with Crippen molar-refractivity contribution in [2.75, 3.05) is 13.2 Å². The highest BCUT2D eigenvalue weighted by Crippen LogP contribution is 2.26. The number of nitrogens with one attached hydrogen (secondary N) is 2. The molecule has 0 radical (unpaired) electrons. The zero-order valence-electron chi connectivity index (χ0n) is 11.9. The summed E-state index contributed by atoms with van der Waals surface area (Å²) < 4.78 is 5.38. The van der Waals surface area contributed by atoms with Crippen LogP contribution in [0.3, 0.4) is 0 Å². The van der Waals surface area contributed by atoms with Crippen LogP contribution in [0, 0.1) is 0 Å². The number of hydrogen-bond donors (Lipinski definition) is 2. The minimum Gasteiger partial charge on any atom is -0.381 e. The quantitative estimate of drug-likeness (QED) is 0.898. The first-order valence-corrected chi connectivity index (χ1v) is 7.08. The standard InChI is InChI=1S/C15H18N4O2/c1-10(13-4-2-3-6-16-13)18-15(20)12-8-17-19-14(12)11-5-7-21-9-11/h2-4,6,8,10-11H,5,7,9H2,1H3,(H,17,19)(H,18,20). The van der Waals surface area contributed by atoms with Crippen LogP contribution in [0.4, 0.5) is 0 Å². The Morgan fingerprint density at radius 1 is 1.52 bits per heavy atom. The van der Waals surface area contributed by atoms with Crippen LogP contribution in [0.5, 0.6) is 0 Å². The van der Waals surface area contributed by atoms with Gasteiger partial charge in [-0.15, -0.1) is 0 Å². The third-order valence-corrected chi connectivity index (χ3v) is 3.73. The number of aromatic amines is 1. The van der Waals surface area contributed by atoms with Gasteiger partial charge in [-0.1, -0.05) is 6.07 Å². The molecular formula is C15H18N4O2. The number of nitrogens with zero attached hydrogens (tertiary/aromatic N) is 2. The van der Waals surface area contributed by atoms with Gasteiger partial charge in [-0.25, -0.2) is 0 Å². The number of rotatable bonds is 4. The third-order valence-electron chi connectivity index (χ3n) is 3.73. The lowest BCUT2D eigenvalue weighted by molar-refractivity contribution is 0.0937. The van der Waals surface area contributed by atoms with Crippen LogP contribution < -0.4 is 5.32 Å². The van der Waals surface area contributed by atoms with Crippen LogP contribution in [0.15, 0.2) is 30.6 Å². The van der Waals surface area contributed by atoms with Gasteiger partial charge >= 0.3 is 0 Å². The molecule has 1 aliphatic rings. The maximum absolute atomic E-state index is 12.4. The second-order valence-corrected chi connectivity index (χ2v) is 5.21. The van der Waals surface area contributed by atoms with Gasteiger partial charge in [-0.2, -0.15) is 5.10 Å². The summed E-state index contributed by atoms with van der Waals surface area (Å²) in [6, 6.07) is 5.50. The van der Waals surface area contributed by atoms with Crippen LogP contribution in [-0.4, -0.2) is 34.3 Å². The number of aromatic nitrogens is 3. The highest BCUT2D eigenvalue weighted by molar-refractivity contribution is 5.95. The van der Waals surface area contributed by atoms with E-state index in [-0.39, 0.29) is 17.9 Å². The number of pyridine rings is 1. The summed E-state index contributed by atoms with van der Waals surface area (Å²) in [4.78, 5) is 16.7. The molecule has 0 aromatic carbocycles. The van der Waals surface area contributed by atoms with Crippen molar-refractivity contribution in [3.05, 3.63) is 47.5 Å². The van der Waals surface area contributed by atoms with Crippen LogP contribution in [0.25, 0.3) is 0 Å². The maximum atomic E-state index is 12.4. The van der Waals surface area contributed by atoms with E-state index in [0.29, 0.717) is 12.2 Å². The molecule has 1 fully saturated rings. The summed E-state index contributed by atoms with van der Waals surface area (Å²) in [5.41, 5.74) is 2.28. The Hall–Kier alpha value is -2.21. The van der Waals surface area contributed by atoms with Gasteiger partial charge < -0.3 is 10.1 Å². The Balaban J connectivity index is 1.72. The number of carbonyl (C=O) groups excluding carboxylic acids is 1. The molecule has 0 bridgehead atoms. The second kappa shape index (κ2) is 6.05. The van der Waals surface area contributed by atoms with E-state index in [0.717, 1.165) is 24.4 Å². The van der Waals surface area contributed by atoms with Crippen LogP contribution in [0.2, 0.25) is 0 Å². The van der Waals surface area contributed by atoms with Gasteiger partial charge in [0.25, 0.3) is 5.91 Å². The van der Waals surface area contributed by atoms with Gasteiger partial charge in [-0.3, -0.25) is 14.9 Å². The fourth-order valence-corrected chi connectivity index (χ4v) is 2.53. The van der Waals surface area contributed by atoms with Gasteiger partial charge in [0.05, 0.1) is 35.8 Å². The van der Waals surface area contributed by atoms with Gasteiger partial charge in [0, 0.05) is 18.7 Å². The van der Waals surface area contributed by atoms with Crippen molar-refractivity contribution >= 4 is 5.91 Å². The molecule has 6 nitrogen and oxygen atoms in total. The summed E-state index contributed by atoms with van der Waals surface area (Å²) in [6.07, 6.45) is 4.21. The van der Waals surface area contributed by atoms with E-state index in [4.69, 9.17) is 4.74 Å². The molecule has 3 heterocycles. The number of ether oxygens (including phenoxy) is 1. The summed E-state index contributed by atoms with van der Waals surface area (Å²) in [5, 5.41) is 9.91. The molecule has 2 aromatic rings. The zero-order valence-corrected chi connectivity index (χ0v) is 11.9. The Kier molecular flexibility index (Phi) is 3.96. The van der Waals surface area contributed by atoms with Crippen LogP contribution in [0.1, 0.15) is 47.1 Å². The average molecular weight is 286 g/mol. The van der Waals surface area contributed by atoms with E-state index < -0.39 is 0 Å². The average Bonchev–Trinajstić information content (AvgIpc) is 3.18. The lowest BCUT2D eigenvalue weighted by Gasteiger charge is -2.14.